The quantitative estimate of drug-likeness (QED) is 0.814. The molecule has 0 atom stereocenters. The molecule has 20 heavy (non-hydrogen) atoms. The Labute approximate surface area is 135 Å². The summed E-state index contributed by atoms with van der Waals surface area (Å²) < 4.78 is 1.87. The Morgan fingerprint density at radius 2 is 1.95 bits per heavy atom. The summed E-state index contributed by atoms with van der Waals surface area (Å²) in [5, 5.41) is 3.26. The van der Waals surface area contributed by atoms with Crippen molar-refractivity contribution >= 4 is 37.7 Å². The van der Waals surface area contributed by atoms with Crippen molar-refractivity contribution in [3.63, 3.8) is 0 Å². The number of hydrogen-bond donors (Lipinski definition) is 1. The van der Waals surface area contributed by atoms with E-state index in [0.29, 0.717) is 11.7 Å². The molecule has 1 N–H and O–H groups in total. The second kappa shape index (κ2) is 6.63. The molecule has 0 aliphatic rings. The van der Waals surface area contributed by atoms with E-state index < -0.39 is 0 Å². The zero-order chi connectivity index (χ0) is 14.7. The topological polar surface area (TPSA) is 50.7 Å². The van der Waals surface area contributed by atoms with Crippen molar-refractivity contribution in [2.75, 3.05) is 11.9 Å². The van der Waals surface area contributed by atoms with Crippen LogP contribution in [0.15, 0.2) is 27.3 Å². The van der Waals surface area contributed by atoms with Gasteiger partial charge in [0.2, 0.25) is 0 Å². The molecule has 2 aromatic heterocycles. The molecule has 4 nitrogen and oxygen atoms in total. The summed E-state index contributed by atoms with van der Waals surface area (Å²) in [5.41, 5.74) is 1.75. The second-order valence-electron chi connectivity index (χ2n) is 4.64. The molecule has 0 aliphatic heterocycles. The van der Waals surface area contributed by atoms with Gasteiger partial charge in [0.25, 0.3) is 0 Å². The Kier molecular flexibility index (Phi) is 5.10. The molecule has 0 fully saturated rings. The first kappa shape index (κ1) is 15.4. The molecule has 0 aromatic carbocycles. The van der Waals surface area contributed by atoms with E-state index in [1.165, 1.54) is 0 Å². The number of nitrogens with one attached hydrogen (secondary N) is 1. The summed E-state index contributed by atoms with van der Waals surface area (Å²) >= 11 is 6.97. The highest BCUT2D eigenvalue weighted by molar-refractivity contribution is 9.11. The fraction of sp³-hybridized carbons (Fsp3) is 0.357. The molecule has 0 spiro atoms. The smallest absolute Gasteiger partial charge is 0.180 e. The standard InChI is InChI=1S/C14H16Br2N4/c1-4-17-14-11(16)12(8(2)3)19-13(20-14)10-6-5-9(15)7-18-10/h5-8H,4H2,1-3H3,(H,17,19,20). The normalized spacial score (nSPS) is 10.9. The minimum Gasteiger partial charge on any atom is -0.369 e. The van der Waals surface area contributed by atoms with Crippen molar-refractivity contribution in [2.45, 2.75) is 26.7 Å². The van der Waals surface area contributed by atoms with Crippen LogP contribution in [0, 0.1) is 0 Å². The Balaban J connectivity index is 2.55. The predicted octanol–water partition coefficient (Wildman–Crippen LogP) is 4.62. The number of halogens is 2. The highest BCUT2D eigenvalue weighted by atomic mass is 79.9. The van der Waals surface area contributed by atoms with Gasteiger partial charge in [-0.15, -0.1) is 0 Å². The molecule has 2 aromatic rings. The molecule has 0 saturated carbocycles. The number of hydrogen-bond acceptors (Lipinski definition) is 4. The van der Waals surface area contributed by atoms with Crippen molar-refractivity contribution in [1.82, 2.24) is 15.0 Å². The van der Waals surface area contributed by atoms with Crippen LogP contribution >= 0.6 is 31.9 Å². The lowest BCUT2D eigenvalue weighted by atomic mass is 10.1. The Morgan fingerprint density at radius 3 is 2.50 bits per heavy atom. The third kappa shape index (κ3) is 3.35. The van der Waals surface area contributed by atoms with Gasteiger partial charge in [-0.05, 0) is 56.8 Å². The molecule has 2 rings (SSSR count). The van der Waals surface area contributed by atoms with E-state index >= 15 is 0 Å². The SMILES string of the molecule is CCNc1nc(-c2ccc(Br)cn2)nc(C(C)C)c1Br. The molecule has 106 valence electrons. The van der Waals surface area contributed by atoms with Crippen LogP contribution in [0.25, 0.3) is 11.5 Å². The van der Waals surface area contributed by atoms with Gasteiger partial charge < -0.3 is 5.32 Å². The second-order valence-corrected chi connectivity index (χ2v) is 6.35. The molecular weight excluding hydrogens is 384 g/mol. The zero-order valence-corrected chi connectivity index (χ0v) is 14.8. The van der Waals surface area contributed by atoms with Crippen LogP contribution in [-0.2, 0) is 0 Å². The number of aromatic nitrogens is 3. The van der Waals surface area contributed by atoms with E-state index in [-0.39, 0.29) is 0 Å². The van der Waals surface area contributed by atoms with Crippen molar-refractivity contribution in [3.8, 4) is 11.5 Å². The molecular formula is C14H16Br2N4. The highest BCUT2D eigenvalue weighted by Gasteiger charge is 2.16. The van der Waals surface area contributed by atoms with Crippen molar-refractivity contribution < 1.29 is 0 Å². The lowest BCUT2D eigenvalue weighted by Crippen LogP contribution is -2.07. The number of pyridine rings is 1. The molecule has 0 aliphatic carbocycles. The van der Waals surface area contributed by atoms with Crippen LogP contribution in [0.5, 0.6) is 0 Å². The van der Waals surface area contributed by atoms with Gasteiger partial charge in [-0.1, -0.05) is 13.8 Å². The third-order valence-electron chi connectivity index (χ3n) is 2.72. The zero-order valence-electron chi connectivity index (χ0n) is 11.6. The van der Waals surface area contributed by atoms with Crippen molar-refractivity contribution in [2.24, 2.45) is 0 Å². The predicted molar refractivity (Wildman–Crippen MR) is 88.9 cm³/mol. The first-order valence-electron chi connectivity index (χ1n) is 6.46. The molecule has 6 heteroatoms. The van der Waals surface area contributed by atoms with E-state index in [9.17, 15) is 0 Å². The van der Waals surface area contributed by atoms with E-state index in [2.05, 4.69) is 66.0 Å². The van der Waals surface area contributed by atoms with Crippen molar-refractivity contribution in [1.29, 1.82) is 0 Å². The van der Waals surface area contributed by atoms with Crippen LogP contribution in [-0.4, -0.2) is 21.5 Å². The van der Waals surface area contributed by atoms with E-state index in [4.69, 9.17) is 0 Å². The van der Waals surface area contributed by atoms with Gasteiger partial charge in [0.05, 0.1) is 10.2 Å². The van der Waals surface area contributed by atoms with Gasteiger partial charge >= 0.3 is 0 Å². The van der Waals surface area contributed by atoms with Crippen LogP contribution < -0.4 is 5.32 Å². The lowest BCUT2D eigenvalue weighted by molar-refractivity contribution is 0.808. The summed E-state index contributed by atoms with van der Waals surface area (Å²) in [5.74, 6) is 1.75. The summed E-state index contributed by atoms with van der Waals surface area (Å²) in [6.07, 6.45) is 1.75. The third-order valence-corrected chi connectivity index (χ3v) is 3.98. The Bertz CT molecular complexity index is 597. The molecule has 0 unspecified atom stereocenters. The van der Waals surface area contributed by atoms with Crippen LogP contribution in [0.3, 0.4) is 0 Å². The number of anilines is 1. The summed E-state index contributed by atoms with van der Waals surface area (Å²) in [6, 6.07) is 3.85. The maximum Gasteiger partial charge on any atom is 0.180 e. The van der Waals surface area contributed by atoms with Gasteiger partial charge in [-0.3, -0.25) is 4.98 Å². The van der Waals surface area contributed by atoms with E-state index in [1.54, 1.807) is 6.20 Å². The van der Waals surface area contributed by atoms with Crippen molar-refractivity contribution in [3.05, 3.63) is 33.0 Å². The van der Waals surface area contributed by atoms with Gasteiger partial charge in [-0.25, -0.2) is 9.97 Å². The fourth-order valence-corrected chi connectivity index (χ4v) is 2.76. The van der Waals surface area contributed by atoms with Crippen LogP contribution in [0.1, 0.15) is 32.4 Å². The first-order valence-corrected chi connectivity index (χ1v) is 8.04. The average Bonchev–Trinajstić information content (AvgIpc) is 2.42. The van der Waals surface area contributed by atoms with E-state index in [1.807, 2.05) is 19.1 Å². The van der Waals surface area contributed by atoms with Gasteiger partial charge in [0.15, 0.2) is 5.82 Å². The summed E-state index contributed by atoms with van der Waals surface area (Å²) in [4.78, 5) is 13.6. The average molecular weight is 400 g/mol. The summed E-state index contributed by atoms with van der Waals surface area (Å²) in [6.45, 7) is 7.07. The summed E-state index contributed by atoms with van der Waals surface area (Å²) in [7, 11) is 0. The maximum absolute atomic E-state index is 4.64. The van der Waals surface area contributed by atoms with Crippen LogP contribution in [0.4, 0.5) is 5.82 Å². The highest BCUT2D eigenvalue weighted by Crippen LogP contribution is 2.31. The monoisotopic (exact) mass is 398 g/mol. The Hall–Kier alpha value is -1.01. The van der Waals surface area contributed by atoms with Gasteiger partial charge in [-0.2, -0.15) is 0 Å². The minimum atomic E-state index is 0.305. The molecule has 0 amide bonds. The number of rotatable bonds is 4. The maximum atomic E-state index is 4.64. The van der Waals surface area contributed by atoms with Gasteiger partial charge in [0.1, 0.15) is 11.5 Å². The fourth-order valence-electron chi connectivity index (χ4n) is 1.75. The van der Waals surface area contributed by atoms with Crippen LogP contribution in [0.2, 0.25) is 0 Å². The molecule has 2 heterocycles. The lowest BCUT2D eigenvalue weighted by Gasteiger charge is -2.14. The molecule has 0 bridgehead atoms. The molecule has 0 radical (unpaired) electrons. The van der Waals surface area contributed by atoms with Gasteiger partial charge in [0, 0.05) is 17.2 Å². The minimum absolute atomic E-state index is 0.305. The largest absolute Gasteiger partial charge is 0.369 e. The van der Waals surface area contributed by atoms with E-state index in [0.717, 1.165) is 32.7 Å². The Morgan fingerprint density at radius 1 is 1.20 bits per heavy atom. The first-order chi connectivity index (χ1) is 9.52. The molecule has 0 saturated heterocycles. The number of nitrogens with zero attached hydrogens (tertiary/aromatic N) is 3.